The van der Waals surface area contributed by atoms with Crippen molar-refractivity contribution in [3.8, 4) is 22.6 Å². The summed E-state index contributed by atoms with van der Waals surface area (Å²) in [6, 6.07) is 28.8. The number of hydrogen-bond acceptors (Lipinski definition) is 2. The first-order valence-electron chi connectivity index (χ1n) is 12.7. The predicted molar refractivity (Wildman–Crippen MR) is 154 cm³/mol. The Hall–Kier alpha value is -3.17. The number of nitrogens with zero attached hydrogens (tertiary/aromatic N) is 1. The molecule has 4 aromatic carbocycles. The molecule has 0 saturated heterocycles. The monoisotopic (exact) mass is 491 g/mol. The Morgan fingerprint density at radius 3 is 2.06 bits per heavy atom. The fourth-order valence-corrected chi connectivity index (χ4v) is 6.45. The topological polar surface area (TPSA) is 14.2 Å². The number of hydrogen-bond donors (Lipinski definition) is 0. The summed E-state index contributed by atoms with van der Waals surface area (Å²) in [6.07, 6.45) is 1.05. The molecule has 0 atom stereocenters. The lowest BCUT2D eigenvalue weighted by Crippen LogP contribution is -2.21. The van der Waals surface area contributed by atoms with Crippen LogP contribution in [0.5, 0.6) is 11.5 Å². The molecule has 0 aliphatic carbocycles. The van der Waals surface area contributed by atoms with Crippen molar-refractivity contribution in [1.29, 1.82) is 0 Å². The lowest BCUT2D eigenvalue weighted by molar-refractivity contribution is 0.409. The van der Waals surface area contributed by atoms with Crippen LogP contribution in [0.4, 0.5) is 0 Å². The second kappa shape index (κ2) is 8.18. The Kier molecular flexibility index (Phi) is 5.28. The van der Waals surface area contributed by atoms with Crippen molar-refractivity contribution in [3.63, 3.8) is 0 Å². The molecule has 1 aliphatic rings. The van der Waals surface area contributed by atoms with E-state index >= 15 is 0 Å². The van der Waals surface area contributed by atoms with E-state index in [4.69, 9.17) is 4.74 Å². The first-order valence-corrected chi connectivity index (χ1v) is 13.6. The van der Waals surface area contributed by atoms with Gasteiger partial charge in [0.05, 0.1) is 15.3 Å². The standard InChI is InChI=1S/C33H33NOS/c1-32(2,3)20-21-11-15-28-30(17-21)36-31-19-23(13-16-29(31)35-28)22-12-14-25-24-9-7-8-10-26(24)34(27(25)18-22)33(4,5)6/h7-19H,20H2,1-6H3. The zero-order chi connectivity index (χ0) is 25.2. The van der Waals surface area contributed by atoms with Gasteiger partial charge in [-0.3, -0.25) is 0 Å². The minimum absolute atomic E-state index is 0.0198. The number of ether oxygens (including phenoxy) is 1. The summed E-state index contributed by atoms with van der Waals surface area (Å²) in [5, 5.41) is 2.62. The van der Waals surface area contributed by atoms with Crippen molar-refractivity contribution in [1.82, 2.24) is 4.57 Å². The summed E-state index contributed by atoms with van der Waals surface area (Å²) < 4.78 is 8.78. The first kappa shape index (κ1) is 23.2. The summed E-state index contributed by atoms with van der Waals surface area (Å²) in [5.41, 5.74) is 6.60. The summed E-state index contributed by atoms with van der Waals surface area (Å²) in [5.74, 6) is 1.89. The second-order valence-electron chi connectivity index (χ2n) is 12.1. The summed E-state index contributed by atoms with van der Waals surface area (Å²) in [7, 11) is 0. The maximum absolute atomic E-state index is 6.30. The van der Waals surface area contributed by atoms with Crippen LogP contribution < -0.4 is 4.74 Å². The fourth-order valence-electron chi connectivity index (χ4n) is 5.40. The van der Waals surface area contributed by atoms with Gasteiger partial charge >= 0.3 is 0 Å². The molecular weight excluding hydrogens is 458 g/mol. The molecule has 5 aromatic rings. The molecule has 0 fully saturated rings. The summed E-state index contributed by atoms with van der Waals surface area (Å²) in [6.45, 7) is 13.7. The van der Waals surface area contributed by atoms with E-state index in [1.165, 1.54) is 48.3 Å². The molecule has 1 aromatic heterocycles. The van der Waals surface area contributed by atoms with E-state index in [0.717, 1.165) is 17.9 Å². The van der Waals surface area contributed by atoms with Gasteiger partial charge in [0, 0.05) is 21.8 Å². The second-order valence-corrected chi connectivity index (χ2v) is 13.2. The van der Waals surface area contributed by atoms with Crippen LogP contribution in [0.1, 0.15) is 47.1 Å². The highest BCUT2D eigenvalue weighted by Crippen LogP contribution is 2.49. The van der Waals surface area contributed by atoms with Gasteiger partial charge in [-0.25, -0.2) is 0 Å². The number of benzene rings is 4. The molecule has 182 valence electrons. The third-order valence-electron chi connectivity index (χ3n) is 6.80. The molecular formula is C33H33NOS. The van der Waals surface area contributed by atoms with E-state index in [9.17, 15) is 0 Å². The summed E-state index contributed by atoms with van der Waals surface area (Å²) in [4.78, 5) is 2.37. The van der Waals surface area contributed by atoms with Crippen LogP contribution in [0.25, 0.3) is 32.9 Å². The molecule has 36 heavy (non-hydrogen) atoms. The largest absolute Gasteiger partial charge is 0.455 e. The van der Waals surface area contributed by atoms with Gasteiger partial charge in [0.1, 0.15) is 11.5 Å². The maximum Gasteiger partial charge on any atom is 0.141 e. The Morgan fingerprint density at radius 1 is 0.667 bits per heavy atom. The van der Waals surface area contributed by atoms with Crippen molar-refractivity contribution in [2.75, 3.05) is 0 Å². The highest BCUT2D eigenvalue weighted by molar-refractivity contribution is 7.99. The van der Waals surface area contributed by atoms with Crippen LogP contribution in [-0.4, -0.2) is 4.57 Å². The van der Waals surface area contributed by atoms with Gasteiger partial charge in [-0.2, -0.15) is 0 Å². The van der Waals surface area contributed by atoms with E-state index in [0.29, 0.717) is 0 Å². The minimum Gasteiger partial charge on any atom is -0.455 e. The molecule has 3 heteroatoms. The maximum atomic E-state index is 6.30. The normalized spacial score (nSPS) is 13.5. The molecule has 0 bridgehead atoms. The van der Waals surface area contributed by atoms with Crippen molar-refractivity contribution < 1.29 is 4.74 Å². The van der Waals surface area contributed by atoms with Gasteiger partial charge in [0.2, 0.25) is 0 Å². The van der Waals surface area contributed by atoms with E-state index in [1.807, 2.05) is 11.8 Å². The lowest BCUT2D eigenvalue weighted by Gasteiger charge is -2.24. The van der Waals surface area contributed by atoms with Crippen molar-refractivity contribution in [2.45, 2.75) is 63.3 Å². The first-order chi connectivity index (χ1) is 17.1. The van der Waals surface area contributed by atoms with Gasteiger partial charge in [-0.1, -0.05) is 75.0 Å². The number of fused-ring (bicyclic) bond motifs is 5. The average Bonchev–Trinajstić information content (AvgIpc) is 3.15. The average molecular weight is 492 g/mol. The molecule has 0 amide bonds. The molecule has 0 unspecified atom stereocenters. The van der Waals surface area contributed by atoms with Gasteiger partial charge in [0.15, 0.2) is 0 Å². The van der Waals surface area contributed by atoms with E-state index in [2.05, 4.69) is 125 Å². The van der Waals surface area contributed by atoms with Gasteiger partial charge < -0.3 is 9.30 Å². The Balaban J connectivity index is 1.41. The Labute approximate surface area is 218 Å². The fraction of sp³-hybridized carbons (Fsp3) is 0.273. The van der Waals surface area contributed by atoms with Crippen molar-refractivity contribution in [3.05, 3.63) is 84.4 Å². The van der Waals surface area contributed by atoms with Gasteiger partial charge in [0.25, 0.3) is 0 Å². The molecule has 0 radical (unpaired) electrons. The highest BCUT2D eigenvalue weighted by atomic mass is 32.2. The smallest absolute Gasteiger partial charge is 0.141 e. The van der Waals surface area contributed by atoms with Crippen molar-refractivity contribution >= 4 is 33.6 Å². The van der Waals surface area contributed by atoms with Crippen molar-refractivity contribution in [2.24, 2.45) is 5.41 Å². The molecule has 0 N–H and O–H groups in total. The third kappa shape index (κ3) is 4.10. The zero-order valence-electron chi connectivity index (χ0n) is 22.0. The van der Waals surface area contributed by atoms with E-state index < -0.39 is 0 Å². The highest BCUT2D eigenvalue weighted by Gasteiger charge is 2.23. The van der Waals surface area contributed by atoms with Crippen LogP contribution in [0, 0.1) is 5.41 Å². The SMILES string of the molecule is CC(C)(C)Cc1ccc2c(c1)Sc1cc(-c3ccc4c5ccccc5n(C(C)(C)C)c4c3)ccc1O2. The predicted octanol–water partition coefficient (Wildman–Crippen LogP) is 10.1. The Bertz CT molecular complexity index is 1630. The third-order valence-corrected chi connectivity index (χ3v) is 7.88. The van der Waals surface area contributed by atoms with E-state index in [1.54, 1.807) is 0 Å². The van der Waals surface area contributed by atoms with Crippen LogP contribution in [0.3, 0.4) is 0 Å². The number of aromatic nitrogens is 1. The van der Waals surface area contributed by atoms with Gasteiger partial charge in [-0.05, 0) is 85.7 Å². The van der Waals surface area contributed by atoms with E-state index in [-0.39, 0.29) is 11.0 Å². The lowest BCUT2D eigenvalue weighted by atomic mass is 9.88. The quantitative estimate of drug-likeness (QED) is 0.239. The summed E-state index contributed by atoms with van der Waals surface area (Å²) >= 11 is 1.82. The van der Waals surface area contributed by atoms with Crippen LogP contribution in [0.2, 0.25) is 0 Å². The Morgan fingerprint density at radius 2 is 1.31 bits per heavy atom. The van der Waals surface area contributed by atoms with Gasteiger partial charge in [-0.15, -0.1) is 0 Å². The molecule has 2 heterocycles. The molecule has 1 aliphatic heterocycles. The zero-order valence-corrected chi connectivity index (χ0v) is 22.8. The minimum atomic E-state index is -0.0198. The molecule has 6 rings (SSSR count). The van der Waals surface area contributed by atoms with Crippen LogP contribution in [0.15, 0.2) is 88.7 Å². The van der Waals surface area contributed by atoms with Crippen LogP contribution in [-0.2, 0) is 12.0 Å². The number of rotatable bonds is 2. The van der Waals surface area contributed by atoms with Crippen LogP contribution >= 0.6 is 11.8 Å². The molecule has 0 saturated carbocycles. The molecule has 0 spiro atoms. The number of para-hydroxylation sites is 1. The molecule has 2 nitrogen and oxygen atoms in total.